The molecule has 2 aromatic heterocycles. The number of nitrogens with two attached hydrogens (primary N) is 1. The highest BCUT2D eigenvalue weighted by Crippen LogP contribution is 2.27. The van der Waals surface area contributed by atoms with E-state index >= 15 is 0 Å². The molecule has 100 valence electrons. The molecule has 0 bridgehead atoms. The molecule has 0 radical (unpaired) electrons. The van der Waals surface area contributed by atoms with E-state index in [1.807, 2.05) is 13.8 Å². The number of rotatable bonds is 5. The fourth-order valence-corrected chi connectivity index (χ4v) is 1.62. The largest absolute Gasteiger partial charge is 0.474 e. The highest BCUT2D eigenvalue weighted by Gasteiger charge is 2.12. The third kappa shape index (κ3) is 2.90. The molecule has 0 aliphatic carbocycles. The predicted octanol–water partition coefficient (Wildman–Crippen LogP) is 1.63. The van der Waals surface area contributed by atoms with Gasteiger partial charge in [-0.3, -0.25) is 4.79 Å². The summed E-state index contributed by atoms with van der Waals surface area (Å²) < 4.78 is 5.76. The van der Waals surface area contributed by atoms with Crippen molar-refractivity contribution in [3.63, 3.8) is 0 Å². The number of H-pyrrole nitrogens is 1. The molecule has 6 nitrogen and oxygen atoms in total. The summed E-state index contributed by atoms with van der Waals surface area (Å²) in [6.07, 6.45) is 7.03. The smallest absolute Gasteiger partial charge is 0.241 e. The summed E-state index contributed by atoms with van der Waals surface area (Å²) in [5.74, 6) is 0.000291. The molecule has 1 unspecified atom stereocenters. The lowest BCUT2D eigenvalue weighted by atomic mass is 10.2. The van der Waals surface area contributed by atoms with E-state index in [2.05, 4.69) is 15.0 Å². The number of ether oxygens (including phenoxy) is 1. The number of nitrogens with one attached hydrogen (secondary N) is 1. The van der Waals surface area contributed by atoms with Gasteiger partial charge in [0.25, 0.3) is 0 Å². The predicted molar refractivity (Wildman–Crippen MR) is 72.5 cm³/mol. The van der Waals surface area contributed by atoms with E-state index in [4.69, 9.17) is 10.5 Å². The molecule has 0 spiro atoms. The average Bonchev–Trinajstić information content (AvgIpc) is 2.80. The summed E-state index contributed by atoms with van der Waals surface area (Å²) in [6, 6.07) is 0. The zero-order valence-electron chi connectivity index (χ0n) is 10.9. The van der Waals surface area contributed by atoms with Crippen LogP contribution in [-0.2, 0) is 4.79 Å². The third-order valence-electron chi connectivity index (χ3n) is 2.78. The maximum absolute atomic E-state index is 10.8. The number of aromatic nitrogens is 3. The van der Waals surface area contributed by atoms with E-state index < -0.39 is 5.91 Å². The maximum atomic E-state index is 10.8. The summed E-state index contributed by atoms with van der Waals surface area (Å²) in [7, 11) is 0. The van der Waals surface area contributed by atoms with Crippen LogP contribution in [0.25, 0.3) is 17.1 Å². The second kappa shape index (κ2) is 5.51. The quantitative estimate of drug-likeness (QED) is 0.799. The number of carbonyl (C=O) groups excluding carboxylic acids is 1. The second-order valence-corrected chi connectivity index (χ2v) is 4.22. The van der Waals surface area contributed by atoms with Crippen LogP contribution in [0.2, 0.25) is 0 Å². The van der Waals surface area contributed by atoms with Crippen molar-refractivity contribution in [3.05, 3.63) is 24.2 Å². The summed E-state index contributed by atoms with van der Waals surface area (Å²) in [6.45, 7) is 4.01. The fourth-order valence-electron chi connectivity index (χ4n) is 1.62. The Morgan fingerprint density at radius 2 is 2.37 bits per heavy atom. The van der Waals surface area contributed by atoms with Crippen LogP contribution in [-0.4, -0.2) is 27.0 Å². The van der Waals surface area contributed by atoms with Crippen LogP contribution < -0.4 is 10.5 Å². The minimum atomic E-state index is -0.504. The van der Waals surface area contributed by atoms with Gasteiger partial charge in [-0.05, 0) is 19.4 Å². The SMILES string of the molecule is CCC(C)Oc1ncnc2[nH]cc(/C=C/C(N)=O)c12. The summed E-state index contributed by atoms with van der Waals surface area (Å²) in [5.41, 5.74) is 6.53. The van der Waals surface area contributed by atoms with Gasteiger partial charge < -0.3 is 15.5 Å². The van der Waals surface area contributed by atoms with Crippen molar-refractivity contribution in [1.82, 2.24) is 15.0 Å². The summed E-state index contributed by atoms with van der Waals surface area (Å²) in [4.78, 5) is 22.1. The topological polar surface area (TPSA) is 93.9 Å². The van der Waals surface area contributed by atoms with Crippen LogP contribution in [0, 0.1) is 0 Å². The van der Waals surface area contributed by atoms with Gasteiger partial charge in [0.05, 0.1) is 11.5 Å². The van der Waals surface area contributed by atoms with Gasteiger partial charge in [-0.15, -0.1) is 0 Å². The monoisotopic (exact) mass is 260 g/mol. The van der Waals surface area contributed by atoms with Crippen LogP contribution in [0.1, 0.15) is 25.8 Å². The molecule has 2 rings (SSSR count). The fraction of sp³-hybridized carbons (Fsp3) is 0.308. The molecule has 2 heterocycles. The van der Waals surface area contributed by atoms with Gasteiger partial charge in [0.1, 0.15) is 12.0 Å². The van der Waals surface area contributed by atoms with Gasteiger partial charge in [0.15, 0.2) is 0 Å². The van der Waals surface area contributed by atoms with Gasteiger partial charge >= 0.3 is 0 Å². The number of primary amides is 1. The summed E-state index contributed by atoms with van der Waals surface area (Å²) >= 11 is 0. The molecule has 3 N–H and O–H groups in total. The third-order valence-corrected chi connectivity index (χ3v) is 2.78. The summed E-state index contributed by atoms with van der Waals surface area (Å²) in [5, 5.41) is 0.750. The first-order chi connectivity index (χ1) is 9.11. The van der Waals surface area contributed by atoms with E-state index in [1.165, 1.54) is 12.4 Å². The minimum absolute atomic E-state index is 0.0565. The Morgan fingerprint density at radius 1 is 1.58 bits per heavy atom. The number of carbonyl (C=O) groups is 1. The van der Waals surface area contributed by atoms with Gasteiger partial charge in [0, 0.05) is 17.8 Å². The number of nitrogens with zero attached hydrogens (tertiary/aromatic N) is 2. The lowest BCUT2D eigenvalue weighted by Crippen LogP contribution is -2.11. The number of aromatic amines is 1. The first kappa shape index (κ1) is 13.1. The van der Waals surface area contributed by atoms with Crippen LogP contribution in [0.15, 0.2) is 18.6 Å². The van der Waals surface area contributed by atoms with Crippen molar-refractivity contribution in [2.24, 2.45) is 5.73 Å². The first-order valence-electron chi connectivity index (χ1n) is 6.08. The van der Waals surface area contributed by atoms with Crippen LogP contribution in [0.3, 0.4) is 0 Å². The molecule has 1 atom stereocenters. The highest BCUT2D eigenvalue weighted by molar-refractivity contribution is 5.96. The van der Waals surface area contributed by atoms with Crippen molar-refractivity contribution in [2.75, 3.05) is 0 Å². The van der Waals surface area contributed by atoms with Crippen molar-refractivity contribution in [2.45, 2.75) is 26.4 Å². The molecular weight excluding hydrogens is 244 g/mol. The number of hydrogen-bond donors (Lipinski definition) is 2. The van der Waals surface area contributed by atoms with Crippen molar-refractivity contribution >= 4 is 23.0 Å². The number of hydrogen-bond acceptors (Lipinski definition) is 4. The first-order valence-corrected chi connectivity index (χ1v) is 6.08. The van der Waals surface area contributed by atoms with E-state index in [0.717, 1.165) is 17.4 Å². The van der Waals surface area contributed by atoms with E-state index in [1.54, 1.807) is 12.3 Å². The van der Waals surface area contributed by atoms with Crippen LogP contribution in [0.5, 0.6) is 5.88 Å². The van der Waals surface area contributed by atoms with Gasteiger partial charge in [-0.25, -0.2) is 9.97 Å². The Hall–Kier alpha value is -2.37. The Kier molecular flexibility index (Phi) is 3.79. The molecule has 6 heteroatoms. The van der Waals surface area contributed by atoms with E-state index in [9.17, 15) is 4.79 Å². The standard InChI is InChI=1S/C13H16N4O2/c1-3-8(2)19-13-11-9(4-5-10(14)18)6-15-12(11)16-7-17-13/h4-8H,3H2,1-2H3,(H2,14,18)(H,15,16,17)/b5-4+. The maximum Gasteiger partial charge on any atom is 0.241 e. The van der Waals surface area contributed by atoms with Crippen molar-refractivity contribution in [1.29, 1.82) is 0 Å². The second-order valence-electron chi connectivity index (χ2n) is 4.22. The van der Waals surface area contributed by atoms with Gasteiger partial charge in [-0.2, -0.15) is 0 Å². The zero-order chi connectivity index (χ0) is 13.8. The van der Waals surface area contributed by atoms with Gasteiger partial charge in [0.2, 0.25) is 11.8 Å². The lowest BCUT2D eigenvalue weighted by Gasteiger charge is -2.12. The molecule has 0 saturated heterocycles. The van der Waals surface area contributed by atoms with Gasteiger partial charge in [-0.1, -0.05) is 6.92 Å². The van der Waals surface area contributed by atoms with E-state index in [-0.39, 0.29) is 6.10 Å². The average molecular weight is 260 g/mol. The normalized spacial score (nSPS) is 12.9. The Balaban J connectivity index is 2.46. The molecule has 0 fully saturated rings. The molecular formula is C13H16N4O2. The number of amides is 1. The lowest BCUT2D eigenvalue weighted by molar-refractivity contribution is -0.113. The molecule has 2 aromatic rings. The molecule has 0 saturated carbocycles. The molecule has 1 amide bonds. The molecule has 0 aliphatic heterocycles. The zero-order valence-corrected chi connectivity index (χ0v) is 10.9. The molecule has 0 aliphatic rings. The molecule has 19 heavy (non-hydrogen) atoms. The van der Waals surface area contributed by atoms with Crippen LogP contribution >= 0.6 is 0 Å². The van der Waals surface area contributed by atoms with E-state index in [0.29, 0.717) is 11.5 Å². The highest BCUT2D eigenvalue weighted by atomic mass is 16.5. The molecule has 0 aromatic carbocycles. The Labute approximate surface area is 110 Å². The van der Waals surface area contributed by atoms with Crippen LogP contribution in [0.4, 0.5) is 0 Å². The number of fused-ring (bicyclic) bond motifs is 1. The van der Waals surface area contributed by atoms with Crippen molar-refractivity contribution < 1.29 is 9.53 Å². The Bertz CT molecular complexity index is 618. The minimum Gasteiger partial charge on any atom is -0.474 e. The van der Waals surface area contributed by atoms with Crippen molar-refractivity contribution in [3.8, 4) is 5.88 Å². The Morgan fingerprint density at radius 3 is 3.05 bits per heavy atom.